The first-order valence-electron chi connectivity index (χ1n) is 7.77. The molecule has 0 bridgehead atoms. The molecule has 0 aliphatic rings. The summed E-state index contributed by atoms with van der Waals surface area (Å²) in [4.78, 5) is 35.6. The van der Waals surface area contributed by atoms with Crippen LogP contribution in [-0.2, 0) is 9.59 Å². The minimum absolute atomic E-state index is 0.0517. The van der Waals surface area contributed by atoms with Gasteiger partial charge in [0.1, 0.15) is 11.3 Å². The molecule has 1 amide bonds. The van der Waals surface area contributed by atoms with Gasteiger partial charge in [-0.1, -0.05) is 42.5 Å². The second-order valence-electron chi connectivity index (χ2n) is 5.43. The van der Waals surface area contributed by atoms with Crippen molar-refractivity contribution >= 4 is 40.3 Å². The Morgan fingerprint density at radius 3 is 2.42 bits per heavy atom. The molecule has 0 unspecified atom stereocenters. The third kappa shape index (κ3) is 3.94. The zero-order valence-electron chi connectivity index (χ0n) is 13.6. The Bertz CT molecular complexity index is 1010. The van der Waals surface area contributed by atoms with Crippen molar-refractivity contribution in [1.82, 2.24) is 0 Å². The average molecular weight is 369 g/mol. The van der Waals surface area contributed by atoms with Gasteiger partial charge in [-0.2, -0.15) is 0 Å². The average Bonchev–Trinajstić information content (AvgIpc) is 2.64. The van der Waals surface area contributed by atoms with Gasteiger partial charge >= 0.3 is 5.97 Å². The summed E-state index contributed by atoms with van der Waals surface area (Å²) in [5.74, 6) is -1.46. The third-order valence-electron chi connectivity index (χ3n) is 3.56. The van der Waals surface area contributed by atoms with Crippen LogP contribution in [0.3, 0.4) is 0 Å². The number of hydrogen-bond acceptors (Lipinski definition) is 5. The summed E-state index contributed by atoms with van der Waals surface area (Å²) in [5.41, 5.74) is 0.788. The fourth-order valence-electron chi connectivity index (χ4n) is 2.45. The van der Waals surface area contributed by atoms with E-state index in [9.17, 15) is 14.4 Å². The SMILES string of the molecule is O=C(O)CSCC(=O)Nc1c(-c2ccccc2)oc2ccccc2c1=O. The van der Waals surface area contributed by atoms with Crippen LogP contribution in [0.2, 0.25) is 0 Å². The van der Waals surface area contributed by atoms with Crippen LogP contribution in [0.5, 0.6) is 0 Å². The van der Waals surface area contributed by atoms with Crippen LogP contribution >= 0.6 is 11.8 Å². The van der Waals surface area contributed by atoms with Crippen LogP contribution in [0.4, 0.5) is 5.69 Å². The Kier molecular flexibility index (Phi) is 5.38. The molecule has 2 aromatic carbocycles. The van der Waals surface area contributed by atoms with Crippen molar-refractivity contribution in [3.63, 3.8) is 0 Å². The number of amides is 1. The van der Waals surface area contributed by atoms with Gasteiger partial charge in [0.25, 0.3) is 0 Å². The van der Waals surface area contributed by atoms with Crippen LogP contribution in [0, 0.1) is 0 Å². The fourth-order valence-corrected chi connectivity index (χ4v) is 2.99. The van der Waals surface area contributed by atoms with Crippen LogP contribution in [-0.4, -0.2) is 28.5 Å². The van der Waals surface area contributed by atoms with Gasteiger partial charge in [-0.3, -0.25) is 14.4 Å². The van der Waals surface area contributed by atoms with E-state index in [0.717, 1.165) is 11.8 Å². The molecule has 0 spiro atoms. The van der Waals surface area contributed by atoms with Crippen LogP contribution < -0.4 is 10.7 Å². The molecule has 0 saturated carbocycles. The minimum Gasteiger partial charge on any atom is -0.481 e. The number of aliphatic carboxylic acids is 1. The lowest BCUT2D eigenvalue weighted by atomic mass is 10.1. The number of nitrogens with one attached hydrogen (secondary N) is 1. The summed E-state index contributed by atoms with van der Waals surface area (Å²) in [6, 6.07) is 15.8. The van der Waals surface area contributed by atoms with E-state index in [4.69, 9.17) is 9.52 Å². The van der Waals surface area contributed by atoms with Gasteiger partial charge in [-0.15, -0.1) is 11.8 Å². The van der Waals surface area contributed by atoms with Gasteiger partial charge in [-0.05, 0) is 12.1 Å². The van der Waals surface area contributed by atoms with Gasteiger partial charge in [0.15, 0.2) is 5.76 Å². The Hall–Kier alpha value is -3.06. The lowest BCUT2D eigenvalue weighted by Gasteiger charge is -2.11. The predicted molar refractivity (Wildman–Crippen MR) is 102 cm³/mol. The van der Waals surface area contributed by atoms with Gasteiger partial charge in [0.05, 0.1) is 16.9 Å². The van der Waals surface area contributed by atoms with E-state index in [0.29, 0.717) is 16.5 Å². The van der Waals surface area contributed by atoms with Gasteiger partial charge in [-0.25, -0.2) is 0 Å². The molecule has 0 atom stereocenters. The number of carboxylic acid groups (broad SMARTS) is 1. The number of carbonyl (C=O) groups is 2. The van der Waals surface area contributed by atoms with Crippen LogP contribution in [0.25, 0.3) is 22.3 Å². The van der Waals surface area contributed by atoms with Crippen molar-refractivity contribution in [2.45, 2.75) is 0 Å². The number of fused-ring (bicyclic) bond motifs is 1. The van der Waals surface area contributed by atoms with E-state index >= 15 is 0 Å². The van der Waals surface area contributed by atoms with Gasteiger partial charge < -0.3 is 14.8 Å². The molecule has 2 N–H and O–H groups in total. The highest BCUT2D eigenvalue weighted by atomic mass is 32.2. The monoisotopic (exact) mass is 369 g/mol. The first-order chi connectivity index (χ1) is 12.6. The molecule has 3 rings (SSSR count). The molecule has 0 radical (unpaired) electrons. The van der Waals surface area contributed by atoms with E-state index in [1.165, 1.54) is 0 Å². The Morgan fingerprint density at radius 1 is 1.00 bits per heavy atom. The molecule has 7 heteroatoms. The number of carboxylic acids is 1. The molecule has 3 aromatic rings. The molecule has 1 aromatic heterocycles. The number of carbonyl (C=O) groups excluding carboxylic acids is 1. The lowest BCUT2D eigenvalue weighted by Crippen LogP contribution is -2.21. The lowest BCUT2D eigenvalue weighted by molar-refractivity contribution is -0.133. The largest absolute Gasteiger partial charge is 0.481 e. The first kappa shape index (κ1) is 17.8. The molecule has 0 aliphatic heterocycles. The highest BCUT2D eigenvalue weighted by molar-refractivity contribution is 8.00. The highest BCUT2D eigenvalue weighted by Crippen LogP contribution is 2.29. The van der Waals surface area contributed by atoms with E-state index < -0.39 is 11.9 Å². The number of benzene rings is 2. The molecule has 0 fully saturated rings. The van der Waals surface area contributed by atoms with Crippen molar-refractivity contribution in [2.75, 3.05) is 16.8 Å². The predicted octanol–water partition coefficient (Wildman–Crippen LogP) is 3.22. The maximum absolute atomic E-state index is 12.9. The summed E-state index contributed by atoms with van der Waals surface area (Å²) in [5, 5.41) is 11.6. The minimum atomic E-state index is -1.00. The van der Waals surface area contributed by atoms with E-state index in [1.54, 1.807) is 48.5 Å². The number of para-hydroxylation sites is 1. The highest BCUT2D eigenvalue weighted by Gasteiger charge is 2.18. The summed E-state index contributed by atoms with van der Waals surface area (Å²) in [6.45, 7) is 0. The Balaban J connectivity index is 2.02. The smallest absolute Gasteiger partial charge is 0.313 e. The maximum Gasteiger partial charge on any atom is 0.313 e. The molecule has 1 heterocycles. The summed E-state index contributed by atoms with van der Waals surface area (Å²) in [6.07, 6.45) is 0. The molecular weight excluding hydrogens is 354 g/mol. The van der Waals surface area contributed by atoms with E-state index in [-0.39, 0.29) is 28.4 Å². The van der Waals surface area contributed by atoms with Crippen molar-refractivity contribution in [1.29, 1.82) is 0 Å². The number of anilines is 1. The molecule has 26 heavy (non-hydrogen) atoms. The van der Waals surface area contributed by atoms with E-state index in [1.807, 2.05) is 6.07 Å². The Morgan fingerprint density at radius 2 is 1.69 bits per heavy atom. The summed E-state index contributed by atoms with van der Waals surface area (Å²) >= 11 is 0.956. The number of rotatable bonds is 6. The zero-order chi connectivity index (χ0) is 18.5. The molecule has 0 saturated heterocycles. The van der Waals surface area contributed by atoms with Crippen LogP contribution in [0.15, 0.2) is 63.8 Å². The quantitative estimate of drug-likeness (QED) is 0.692. The molecule has 6 nitrogen and oxygen atoms in total. The van der Waals surface area contributed by atoms with Crippen molar-refractivity contribution in [3.8, 4) is 11.3 Å². The Labute approximate surface area is 152 Å². The summed E-state index contributed by atoms with van der Waals surface area (Å²) < 4.78 is 5.89. The second kappa shape index (κ2) is 7.88. The fraction of sp³-hybridized carbons (Fsp3) is 0.105. The van der Waals surface area contributed by atoms with E-state index in [2.05, 4.69) is 5.32 Å². The molecule has 132 valence electrons. The zero-order valence-corrected chi connectivity index (χ0v) is 14.4. The third-order valence-corrected chi connectivity index (χ3v) is 4.47. The normalized spacial score (nSPS) is 10.6. The van der Waals surface area contributed by atoms with Gasteiger partial charge in [0, 0.05) is 5.56 Å². The van der Waals surface area contributed by atoms with Crippen molar-refractivity contribution < 1.29 is 19.1 Å². The van der Waals surface area contributed by atoms with Crippen molar-refractivity contribution in [2.24, 2.45) is 0 Å². The van der Waals surface area contributed by atoms with Crippen molar-refractivity contribution in [3.05, 3.63) is 64.8 Å². The molecule has 0 aliphatic carbocycles. The second-order valence-corrected chi connectivity index (χ2v) is 6.42. The number of hydrogen-bond donors (Lipinski definition) is 2. The summed E-state index contributed by atoms with van der Waals surface area (Å²) in [7, 11) is 0. The number of thioether (sulfide) groups is 1. The van der Waals surface area contributed by atoms with Gasteiger partial charge in [0.2, 0.25) is 11.3 Å². The molecular formula is C19H15NO5S. The topological polar surface area (TPSA) is 96.6 Å². The van der Waals surface area contributed by atoms with Crippen LogP contribution in [0.1, 0.15) is 0 Å². The maximum atomic E-state index is 12.9. The first-order valence-corrected chi connectivity index (χ1v) is 8.92. The standard InChI is InChI=1S/C19H15NO5S/c21-15(10-26-11-16(22)23)20-17-18(24)13-8-4-5-9-14(13)25-19(17)12-6-2-1-3-7-12/h1-9H,10-11H2,(H,20,21)(H,22,23).